The van der Waals surface area contributed by atoms with Crippen LogP contribution in [0.4, 0.5) is 0 Å². The van der Waals surface area contributed by atoms with E-state index in [0.29, 0.717) is 22.8 Å². The standard InChI is InChI=1S/C18H34N2O/c1-17(2)9-15(10-18(3,4)12-17)20-16(21)14-7-5-6-13(8-14)11-19/h13-15H,5-12,19H2,1-4H3,(H,20,21). The van der Waals surface area contributed by atoms with Crippen LogP contribution in [0.15, 0.2) is 0 Å². The van der Waals surface area contributed by atoms with Crippen molar-refractivity contribution in [3.63, 3.8) is 0 Å². The van der Waals surface area contributed by atoms with Crippen LogP contribution in [0.5, 0.6) is 0 Å². The van der Waals surface area contributed by atoms with Gasteiger partial charge in [0.05, 0.1) is 0 Å². The van der Waals surface area contributed by atoms with E-state index < -0.39 is 0 Å². The summed E-state index contributed by atoms with van der Waals surface area (Å²) in [7, 11) is 0. The second kappa shape index (κ2) is 6.28. The maximum Gasteiger partial charge on any atom is 0.223 e. The van der Waals surface area contributed by atoms with E-state index in [1.807, 2.05) is 0 Å². The third-order valence-corrected chi connectivity index (χ3v) is 5.39. The van der Waals surface area contributed by atoms with E-state index in [1.54, 1.807) is 0 Å². The van der Waals surface area contributed by atoms with E-state index >= 15 is 0 Å². The van der Waals surface area contributed by atoms with Crippen LogP contribution in [-0.4, -0.2) is 18.5 Å². The predicted molar refractivity (Wildman–Crippen MR) is 87.8 cm³/mol. The van der Waals surface area contributed by atoms with Crippen molar-refractivity contribution in [3.05, 3.63) is 0 Å². The summed E-state index contributed by atoms with van der Waals surface area (Å²) in [6.45, 7) is 10.1. The van der Waals surface area contributed by atoms with E-state index in [0.717, 1.165) is 38.6 Å². The van der Waals surface area contributed by atoms with Crippen LogP contribution in [-0.2, 0) is 4.79 Å². The molecule has 2 unspecified atom stereocenters. The number of hydrogen-bond acceptors (Lipinski definition) is 2. The third-order valence-electron chi connectivity index (χ3n) is 5.39. The second-order valence-corrected chi connectivity index (χ2v) is 9.08. The van der Waals surface area contributed by atoms with Gasteiger partial charge in [-0.05, 0) is 61.8 Å². The van der Waals surface area contributed by atoms with Crippen molar-refractivity contribution >= 4 is 5.91 Å². The zero-order valence-electron chi connectivity index (χ0n) is 14.4. The third kappa shape index (κ3) is 4.70. The molecular weight excluding hydrogens is 260 g/mol. The molecule has 2 fully saturated rings. The SMILES string of the molecule is CC1(C)CC(NC(=O)C2CCCC(CN)C2)CC(C)(C)C1. The molecule has 2 aliphatic rings. The van der Waals surface area contributed by atoms with E-state index in [4.69, 9.17) is 5.73 Å². The van der Waals surface area contributed by atoms with Gasteiger partial charge >= 0.3 is 0 Å². The van der Waals surface area contributed by atoms with E-state index in [2.05, 4.69) is 33.0 Å². The minimum Gasteiger partial charge on any atom is -0.353 e. The highest BCUT2D eigenvalue weighted by Gasteiger charge is 2.39. The maximum atomic E-state index is 12.6. The molecule has 122 valence electrons. The summed E-state index contributed by atoms with van der Waals surface area (Å²) in [5, 5.41) is 3.36. The van der Waals surface area contributed by atoms with Crippen LogP contribution in [0.2, 0.25) is 0 Å². The first kappa shape index (κ1) is 16.8. The number of amides is 1. The molecule has 0 aromatic rings. The lowest BCUT2D eigenvalue weighted by molar-refractivity contribution is -0.128. The smallest absolute Gasteiger partial charge is 0.223 e. The first-order valence-electron chi connectivity index (χ1n) is 8.71. The van der Waals surface area contributed by atoms with Crippen molar-refractivity contribution in [2.24, 2.45) is 28.4 Å². The Kier molecular flexibility index (Phi) is 5.02. The molecule has 0 aliphatic heterocycles. The Morgan fingerprint density at radius 2 is 1.76 bits per heavy atom. The highest BCUT2D eigenvalue weighted by atomic mass is 16.1. The molecule has 0 bridgehead atoms. The Labute approximate surface area is 130 Å². The molecule has 0 spiro atoms. The zero-order valence-corrected chi connectivity index (χ0v) is 14.4. The Balaban J connectivity index is 1.92. The first-order chi connectivity index (χ1) is 9.71. The van der Waals surface area contributed by atoms with Crippen LogP contribution >= 0.6 is 0 Å². The average Bonchev–Trinajstić information content (AvgIpc) is 2.35. The summed E-state index contributed by atoms with van der Waals surface area (Å²) in [5.41, 5.74) is 6.44. The van der Waals surface area contributed by atoms with Crippen molar-refractivity contribution in [1.82, 2.24) is 5.32 Å². The lowest BCUT2D eigenvalue weighted by Gasteiger charge is -2.45. The maximum absolute atomic E-state index is 12.6. The fraction of sp³-hybridized carbons (Fsp3) is 0.944. The molecule has 2 aliphatic carbocycles. The molecule has 2 atom stereocenters. The molecule has 0 saturated heterocycles. The van der Waals surface area contributed by atoms with E-state index in [1.165, 1.54) is 12.8 Å². The fourth-order valence-electron chi connectivity index (χ4n) is 5.01. The molecule has 0 aromatic heterocycles. The van der Waals surface area contributed by atoms with Gasteiger partial charge in [0, 0.05) is 12.0 Å². The molecule has 3 nitrogen and oxygen atoms in total. The van der Waals surface area contributed by atoms with Gasteiger partial charge < -0.3 is 11.1 Å². The highest BCUT2D eigenvalue weighted by Crippen LogP contribution is 2.45. The second-order valence-electron chi connectivity index (χ2n) is 9.08. The topological polar surface area (TPSA) is 55.1 Å². The Bertz CT molecular complexity index is 359. The lowest BCUT2D eigenvalue weighted by atomic mass is 9.63. The van der Waals surface area contributed by atoms with Gasteiger partial charge in [-0.25, -0.2) is 0 Å². The predicted octanol–water partition coefficient (Wildman–Crippen LogP) is 3.47. The number of nitrogens with two attached hydrogens (primary N) is 1. The summed E-state index contributed by atoms with van der Waals surface area (Å²) < 4.78 is 0. The Morgan fingerprint density at radius 1 is 1.14 bits per heavy atom. The molecule has 21 heavy (non-hydrogen) atoms. The Morgan fingerprint density at radius 3 is 2.33 bits per heavy atom. The molecule has 0 heterocycles. The van der Waals surface area contributed by atoms with Gasteiger partial charge in [0.15, 0.2) is 0 Å². The quantitative estimate of drug-likeness (QED) is 0.837. The van der Waals surface area contributed by atoms with Crippen LogP contribution in [0.1, 0.15) is 72.6 Å². The molecular formula is C18H34N2O. The summed E-state index contributed by atoms with van der Waals surface area (Å²) in [5.74, 6) is 1.03. The number of rotatable bonds is 3. The number of carbonyl (C=O) groups excluding carboxylic acids is 1. The highest BCUT2D eigenvalue weighted by molar-refractivity contribution is 5.79. The molecule has 1 amide bonds. The van der Waals surface area contributed by atoms with Crippen LogP contribution < -0.4 is 11.1 Å². The van der Waals surface area contributed by atoms with Crippen LogP contribution in [0.3, 0.4) is 0 Å². The van der Waals surface area contributed by atoms with Crippen molar-refractivity contribution in [3.8, 4) is 0 Å². The molecule has 0 aromatic carbocycles. The van der Waals surface area contributed by atoms with Gasteiger partial charge in [0.2, 0.25) is 5.91 Å². The normalized spacial score (nSPS) is 32.6. The van der Waals surface area contributed by atoms with Gasteiger partial charge in [0.25, 0.3) is 0 Å². The van der Waals surface area contributed by atoms with Crippen molar-refractivity contribution in [2.75, 3.05) is 6.54 Å². The van der Waals surface area contributed by atoms with Gasteiger partial charge in [-0.15, -0.1) is 0 Å². The summed E-state index contributed by atoms with van der Waals surface area (Å²) in [6, 6.07) is 0.342. The summed E-state index contributed by atoms with van der Waals surface area (Å²) in [6.07, 6.45) is 7.84. The number of carbonyl (C=O) groups is 1. The monoisotopic (exact) mass is 294 g/mol. The number of nitrogens with one attached hydrogen (secondary N) is 1. The molecule has 2 rings (SSSR count). The summed E-state index contributed by atoms with van der Waals surface area (Å²) >= 11 is 0. The van der Waals surface area contributed by atoms with Crippen molar-refractivity contribution < 1.29 is 4.79 Å². The fourth-order valence-corrected chi connectivity index (χ4v) is 5.01. The van der Waals surface area contributed by atoms with E-state index in [-0.39, 0.29) is 11.8 Å². The first-order valence-corrected chi connectivity index (χ1v) is 8.71. The number of hydrogen-bond donors (Lipinski definition) is 2. The minimum atomic E-state index is 0.195. The molecule has 3 heteroatoms. The van der Waals surface area contributed by atoms with Crippen LogP contribution in [0.25, 0.3) is 0 Å². The van der Waals surface area contributed by atoms with Gasteiger partial charge in [-0.1, -0.05) is 34.1 Å². The minimum absolute atomic E-state index is 0.195. The van der Waals surface area contributed by atoms with Crippen molar-refractivity contribution in [2.45, 2.75) is 78.7 Å². The van der Waals surface area contributed by atoms with Crippen LogP contribution in [0, 0.1) is 22.7 Å². The van der Waals surface area contributed by atoms with Gasteiger partial charge in [-0.3, -0.25) is 4.79 Å². The molecule has 2 saturated carbocycles. The van der Waals surface area contributed by atoms with E-state index in [9.17, 15) is 4.79 Å². The van der Waals surface area contributed by atoms with Gasteiger partial charge in [0.1, 0.15) is 0 Å². The lowest BCUT2D eigenvalue weighted by Crippen LogP contribution is -2.48. The zero-order chi connectivity index (χ0) is 15.7. The largest absolute Gasteiger partial charge is 0.353 e. The van der Waals surface area contributed by atoms with Crippen molar-refractivity contribution in [1.29, 1.82) is 0 Å². The molecule has 0 radical (unpaired) electrons. The average molecular weight is 294 g/mol. The summed E-state index contributed by atoms with van der Waals surface area (Å²) in [4.78, 5) is 12.6. The van der Waals surface area contributed by atoms with Gasteiger partial charge in [-0.2, -0.15) is 0 Å². The Hall–Kier alpha value is -0.570. The molecule has 3 N–H and O–H groups in total.